The van der Waals surface area contributed by atoms with Crippen LogP contribution in [0.25, 0.3) is 0 Å². The first-order chi connectivity index (χ1) is 9.78. The molecular formula is C16H25NO3. The van der Waals surface area contributed by atoms with E-state index in [1.54, 1.807) is 21.3 Å². The van der Waals surface area contributed by atoms with Crippen LogP contribution in [0.2, 0.25) is 0 Å². The standard InChI is InChI=1S/C16H25NO3/c1-18-11-12-8-15(19-2)14(16(9-12)20-3)10-13-6-4-5-7-17-13/h8-9,13,17H,4-7,10-11H2,1-3H3. The summed E-state index contributed by atoms with van der Waals surface area (Å²) >= 11 is 0. The van der Waals surface area contributed by atoms with Crippen molar-refractivity contribution in [2.75, 3.05) is 27.9 Å². The molecule has 1 aromatic rings. The second-order valence-electron chi connectivity index (χ2n) is 5.26. The van der Waals surface area contributed by atoms with Gasteiger partial charge in [-0.15, -0.1) is 0 Å². The van der Waals surface area contributed by atoms with Crippen LogP contribution in [0.4, 0.5) is 0 Å². The fourth-order valence-electron chi connectivity index (χ4n) is 2.83. The van der Waals surface area contributed by atoms with Crippen molar-refractivity contribution in [2.24, 2.45) is 0 Å². The van der Waals surface area contributed by atoms with E-state index >= 15 is 0 Å². The summed E-state index contributed by atoms with van der Waals surface area (Å²) in [5, 5.41) is 3.57. The molecule has 1 heterocycles. The first kappa shape index (κ1) is 15.1. The van der Waals surface area contributed by atoms with Gasteiger partial charge in [-0.3, -0.25) is 0 Å². The van der Waals surface area contributed by atoms with Crippen molar-refractivity contribution in [3.05, 3.63) is 23.3 Å². The molecule has 1 N–H and O–H groups in total. The van der Waals surface area contributed by atoms with E-state index in [0.717, 1.165) is 35.6 Å². The van der Waals surface area contributed by atoms with Crippen LogP contribution in [0.15, 0.2) is 12.1 Å². The van der Waals surface area contributed by atoms with Crippen LogP contribution in [0.5, 0.6) is 11.5 Å². The maximum atomic E-state index is 5.55. The van der Waals surface area contributed by atoms with Crippen molar-refractivity contribution in [1.82, 2.24) is 5.32 Å². The lowest BCUT2D eigenvalue weighted by Gasteiger charge is -2.25. The van der Waals surface area contributed by atoms with Gasteiger partial charge in [0, 0.05) is 18.7 Å². The molecule has 1 atom stereocenters. The molecule has 1 unspecified atom stereocenters. The Kier molecular flexibility index (Phi) is 5.68. The van der Waals surface area contributed by atoms with Gasteiger partial charge < -0.3 is 19.5 Å². The van der Waals surface area contributed by atoms with Gasteiger partial charge in [0.1, 0.15) is 11.5 Å². The van der Waals surface area contributed by atoms with Gasteiger partial charge in [-0.2, -0.15) is 0 Å². The van der Waals surface area contributed by atoms with Crippen molar-refractivity contribution < 1.29 is 14.2 Å². The molecule has 0 bridgehead atoms. The Bertz CT molecular complexity index is 403. The van der Waals surface area contributed by atoms with Crippen molar-refractivity contribution in [3.63, 3.8) is 0 Å². The lowest BCUT2D eigenvalue weighted by Crippen LogP contribution is -2.35. The van der Waals surface area contributed by atoms with Crippen LogP contribution in [0.1, 0.15) is 30.4 Å². The molecule has 0 aromatic heterocycles. The Labute approximate surface area is 121 Å². The minimum absolute atomic E-state index is 0.514. The normalized spacial score (nSPS) is 18.9. The minimum Gasteiger partial charge on any atom is -0.496 e. The van der Waals surface area contributed by atoms with E-state index in [2.05, 4.69) is 5.32 Å². The summed E-state index contributed by atoms with van der Waals surface area (Å²) < 4.78 is 16.3. The second kappa shape index (κ2) is 7.50. The smallest absolute Gasteiger partial charge is 0.126 e. The monoisotopic (exact) mass is 279 g/mol. The van der Waals surface area contributed by atoms with Crippen molar-refractivity contribution in [1.29, 1.82) is 0 Å². The summed E-state index contributed by atoms with van der Waals surface area (Å²) in [6.45, 7) is 1.67. The molecule has 1 aliphatic rings. The number of hydrogen-bond acceptors (Lipinski definition) is 4. The topological polar surface area (TPSA) is 39.7 Å². The quantitative estimate of drug-likeness (QED) is 0.868. The number of hydrogen-bond donors (Lipinski definition) is 1. The largest absolute Gasteiger partial charge is 0.496 e. The SMILES string of the molecule is COCc1cc(OC)c(CC2CCCCN2)c(OC)c1. The molecule has 0 aliphatic carbocycles. The van der Waals surface area contributed by atoms with E-state index in [1.807, 2.05) is 12.1 Å². The van der Waals surface area contributed by atoms with Gasteiger partial charge in [-0.25, -0.2) is 0 Å². The predicted octanol–water partition coefficient (Wildman–Crippen LogP) is 2.53. The molecule has 0 saturated carbocycles. The Hall–Kier alpha value is -1.26. The zero-order valence-corrected chi connectivity index (χ0v) is 12.7. The van der Waals surface area contributed by atoms with E-state index in [9.17, 15) is 0 Å². The third kappa shape index (κ3) is 3.64. The fourth-order valence-corrected chi connectivity index (χ4v) is 2.83. The third-order valence-electron chi connectivity index (χ3n) is 3.84. The number of piperidine rings is 1. The molecule has 4 heteroatoms. The molecule has 1 saturated heterocycles. The lowest BCUT2D eigenvalue weighted by atomic mass is 9.96. The van der Waals surface area contributed by atoms with Crippen LogP contribution >= 0.6 is 0 Å². The summed E-state index contributed by atoms with van der Waals surface area (Å²) in [7, 11) is 5.12. The van der Waals surface area contributed by atoms with Gasteiger partial charge in [0.25, 0.3) is 0 Å². The highest BCUT2D eigenvalue weighted by molar-refractivity contribution is 5.48. The van der Waals surface area contributed by atoms with Crippen LogP contribution in [-0.2, 0) is 17.8 Å². The highest BCUT2D eigenvalue weighted by atomic mass is 16.5. The van der Waals surface area contributed by atoms with Crippen LogP contribution < -0.4 is 14.8 Å². The Morgan fingerprint density at radius 1 is 1.10 bits per heavy atom. The molecule has 0 amide bonds. The van der Waals surface area contributed by atoms with E-state index in [4.69, 9.17) is 14.2 Å². The van der Waals surface area contributed by atoms with Gasteiger partial charge in [0.2, 0.25) is 0 Å². The number of benzene rings is 1. The van der Waals surface area contributed by atoms with Gasteiger partial charge >= 0.3 is 0 Å². The van der Waals surface area contributed by atoms with Crippen LogP contribution in [0.3, 0.4) is 0 Å². The van der Waals surface area contributed by atoms with Crippen molar-refractivity contribution in [2.45, 2.75) is 38.3 Å². The van der Waals surface area contributed by atoms with Crippen molar-refractivity contribution in [3.8, 4) is 11.5 Å². The minimum atomic E-state index is 0.514. The van der Waals surface area contributed by atoms with Crippen LogP contribution in [0, 0.1) is 0 Å². The second-order valence-corrected chi connectivity index (χ2v) is 5.26. The van der Waals surface area contributed by atoms with Crippen molar-refractivity contribution >= 4 is 0 Å². The first-order valence-electron chi connectivity index (χ1n) is 7.24. The molecule has 1 fully saturated rings. The van der Waals surface area contributed by atoms with Gasteiger partial charge in [-0.05, 0) is 43.5 Å². The van der Waals surface area contributed by atoms with E-state index < -0.39 is 0 Å². The zero-order valence-electron chi connectivity index (χ0n) is 12.7. The van der Waals surface area contributed by atoms with E-state index in [-0.39, 0.29) is 0 Å². The van der Waals surface area contributed by atoms with Gasteiger partial charge in [0.05, 0.1) is 20.8 Å². The van der Waals surface area contributed by atoms with E-state index in [1.165, 1.54) is 19.3 Å². The third-order valence-corrected chi connectivity index (χ3v) is 3.84. The first-order valence-corrected chi connectivity index (χ1v) is 7.24. The highest BCUT2D eigenvalue weighted by Crippen LogP contribution is 2.33. The summed E-state index contributed by atoms with van der Waals surface area (Å²) in [5.74, 6) is 1.78. The maximum Gasteiger partial charge on any atom is 0.126 e. The Balaban J connectivity index is 2.24. The fraction of sp³-hybridized carbons (Fsp3) is 0.625. The van der Waals surface area contributed by atoms with Crippen LogP contribution in [-0.4, -0.2) is 33.9 Å². The molecule has 2 rings (SSSR count). The summed E-state index contributed by atoms with van der Waals surface area (Å²) in [6, 6.07) is 4.61. The molecule has 4 nitrogen and oxygen atoms in total. The molecule has 0 spiro atoms. The van der Waals surface area contributed by atoms with E-state index in [0.29, 0.717) is 12.6 Å². The predicted molar refractivity (Wildman–Crippen MR) is 79.6 cm³/mol. The number of ether oxygens (including phenoxy) is 3. The molecule has 1 aliphatic heterocycles. The van der Waals surface area contributed by atoms with Gasteiger partial charge in [-0.1, -0.05) is 6.42 Å². The Morgan fingerprint density at radius 2 is 1.80 bits per heavy atom. The zero-order chi connectivity index (χ0) is 14.4. The molecule has 20 heavy (non-hydrogen) atoms. The summed E-state index contributed by atoms with van der Waals surface area (Å²) in [5.41, 5.74) is 2.22. The average Bonchev–Trinajstić information content (AvgIpc) is 2.49. The van der Waals surface area contributed by atoms with Gasteiger partial charge in [0.15, 0.2) is 0 Å². The molecule has 1 aromatic carbocycles. The maximum absolute atomic E-state index is 5.55. The number of rotatable bonds is 6. The lowest BCUT2D eigenvalue weighted by molar-refractivity contribution is 0.184. The molecule has 112 valence electrons. The molecule has 0 radical (unpaired) electrons. The highest BCUT2D eigenvalue weighted by Gasteiger charge is 2.19. The average molecular weight is 279 g/mol. The summed E-state index contributed by atoms with van der Waals surface area (Å²) in [6.07, 6.45) is 4.73. The molecular weight excluding hydrogens is 254 g/mol. The number of nitrogens with one attached hydrogen (secondary N) is 1. The summed E-state index contributed by atoms with van der Waals surface area (Å²) in [4.78, 5) is 0. The number of methoxy groups -OCH3 is 3. The Morgan fingerprint density at radius 3 is 2.30 bits per heavy atom.